The van der Waals surface area contributed by atoms with Gasteiger partial charge in [0.05, 0.1) is 5.56 Å². The molecule has 1 aliphatic rings. The van der Waals surface area contributed by atoms with Crippen LogP contribution < -0.4 is 15.5 Å². The lowest BCUT2D eigenvalue weighted by Crippen LogP contribution is -2.47. The van der Waals surface area contributed by atoms with Gasteiger partial charge in [0.2, 0.25) is 5.95 Å². The van der Waals surface area contributed by atoms with Crippen molar-refractivity contribution in [2.45, 2.75) is 19.1 Å². The number of aromatic nitrogens is 2. The number of aliphatic imine (C=N–C) groups is 1. The van der Waals surface area contributed by atoms with E-state index in [0.717, 1.165) is 63.8 Å². The molecule has 3 rings (SSSR count). The maximum atomic E-state index is 12.8. The monoisotopic (exact) mass is 435 g/mol. The summed E-state index contributed by atoms with van der Waals surface area (Å²) in [5, 5.41) is 6.28. The van der Waals surface area contributed by atoms with Crippen molar-refractivity contribution in [3.8, 4) is 0 Å². The lowest BCUT2D eigenvalue weighted by Gasteiger charge is -2.34. The predicted molar refractivity (Wildman–Crippen MR) is 115 cm³/mol. The molecule has 2 aromatic rings. The fraction of sp³-hybridized carbons (Fsp3) is 0.476. The topological polar surface area (TPSA) is 68.7 Å². The third-order valence-corrected chi connectivity index (χ3v) is 5.09. The zero-order valence-electron chi connectivity index (χ0n) is 17.6. The highest BCUT2D eigenvalue weighted by atomic mass is 19.4. The van der Waals surface area contributed by atoms with E-state index >= 15 is 0 Å². The smallest absolute Gasteiger partial charge is 0.356 e. The molecule has 1 fully saturated rings. The Kier molecular flexibility index (Phi) is 8.05. The number of guanidine groups is 1. The van der Waals surface area contributed by atoms with Gasteiger partial charge in [0, 0.05) is 58.7 Å². The van der Waals surface area contributed by atoms with E-state index in [4.69, 9.17) is 0 Å². The standard InChI is InChI=1S/C21H28F3N7/c1-25-19(29-16-17-5-2-6-18(15-17)21(22,23)24)26-9-4-10-30-11-13-31(14-12-30)20-27-7-3-8-28-20/h2-3,5-8,15H,4,9-14,16H2,1H3,(H2,25,26,29). The van der Waals surface area contributed by atoms with Crippen LogP contribution in [0.1, 0.15) is 17.5 Å². The molecule has 10 heteroatoms. The van der Waals surface area contributed by atoms with Crippen molar-refractivity contribution in [3.63, 3.8) is 0 Å². The Morgan fingerprint density at radius 2 is 1.81 bits per heavy atom. The minimum absolute atomic E-state index is 0.271. The van der Waals surface area contributed by atoms with Crippen molar-refractivity contribution in [3.05, 3.63) is 53.9 Å². The second-order valence-corrected chi connectivity index (χ2v) is 7.28. The van der Waals surface area contributed by atoms with E-state index in [-0.39, 0.29) is 6.54 Å². The fourth-order valence-electron chi connectivity index (χ4n) is 3.40. The van der Waals surface area contributed by atoms with E-state index in [0.29, 0.717) is 11.5 Å². The van der Waals surface area contributed by atoms with Crippen molar-refractivity contribution in [1.82, 2.24) is 25.5 Å². The molecule has 31 heavy (non-hydrogen) atoms. The van der Waals surface area contributed by atoms with E-state index in [1.807, 2.05) is 6.07 Å². The van der Waals surface area contributed by atoms with Crippen LogP contribution in [0.3, 0.4) is 0 Å². The third kappa shape index (κ3) is 7.09. The average molecular weight is 435 g/mol. The van der Waals surface area contributed by atoms with Gasteiger partial charge in [0.15, 0.2) is 5.96 Å². The van der Waals surface area contributed by atoms with E-state index in [1.54, 1.807) is 25.5 Å². The van der Waals surface area contributed by atoms with Gasteiger partial charge in [0.25, 0.3) is 0 Å². The van der Waals surface area contributed by atoms with Crippen LogP contribution in [0, 0.1) is 0 Å². The molecule has 0 spiro atoms. The average Bonchev–Trinajstić information content (AvgIpc) is 2.79. The van der Waals surface area contributed by atoms with Gasteiger partial charge in [-0.1, -0.05) is 12.1 Å². The van der Waals surface area contributed by atoms with Crippen LogP contribution in [0.5, 0.6) is 0 Å². The number of rotatable bonds is 7. The first-order valence-corrected chi connectivity index (χ1v) is 10.3. The molecular weight excluding hydrogens is 407 g/mol. The van der Waals surface area contributed by atoms with Crippen molar-refractivity contribution in [1.29, 1.82) is 0 Å². The predicted octanol–water partition coefficient (Wildman–Crippen LogP) is 2.37. The first-order chi connectivity index (χ1) is 15.0. The zero-order valence-corrected chi connectivity index (χ0v) is 17.6. The first-order valence-electron chi connectivity index (χ1n) is 10.3. The summed E-state index contributed by atoms with van der Waals surface area (Å²) in [5.74, 6) is 1.35. The molecule has 1 aromatic carbocycles. The molecule has 0 atom stereocenters. The fourth-order valence-corrected chi connectivity index (χ4v) is 3.40. The number of halogens is 3. The molecule has 1 aliphatic heterocycles. The molecule has 0 saturated carbocycles. The normalized spacial score (nSPS) is 15.7. The van der Waals surface area contributed by atoms with Gasteiger partial charge in [-0.2, -0.15) is 13.2 Å². The van der Waals surface area contributed by atoms with Crippen LogP contribution >= 0.6 is 0 Å². The summed E-state index contributed by atoms with van der Waals surface area (Å²) in [6.45, 7) is 5.68. The second-order valence-electron chi connectivity index (χ2n) is 7.28. The summed E-state index contributed by atoms with van der Waals surface area (Å²) < 4.78 is 38.5. The molecule has 7 nitrogen and oxygen atoms in total. The number of piperazine rings is 1. The number of nitrogens with one attached hydrogen (secondary N) is 2. The van der Waals surface area contributed by atoms with E-state index in [9.17, 15) is 13.2 Å². The van der Waals surface area contributed by atoms with E-state index < -0.39 is 11.7 Å². The molecule has 0 bridgehead atoms. The van der Waals surface area contributed by atoms with Crippen LogP contribution in [-0.2, 0) is 12.7 Å². The van der Waals surface area contributed by atoms with Gasteiger partial charge >= 0.3 is 6.18 Å². The Balaban J connectivity index is 1.34. The first kappa shape index (κ1) is 22.8. The molecule has 2 heterocycles. The highest BCUT2D eigenvalue weighted by molar-refractivity contribution is 5.79. The van der Waals surface area contributed by atoms with Gasteiger partial charge in [-0.15, -0.1) is 0 Å². The highest BCUT2D eigenvalue weighted by Gasteiger charge is 2.30. The van der Waals surface area contributed by atoms with E-state index in [2.05, 4.69) is 35.4 Å². The van der Waals surface area contributed by atoms with Crippen LogP contribution in [0.4, 0.5) is 19.1 Å². The summed E-state index contributed by atoms with van der Waals surface area (Å²) in [6.07, 6.45) is 0.115. The maximum absolute atomic E-state index is 12.8. The van der Waals surface area contributed by atoms with Gasteiger partial charge in [-0.3, -0.25) is 9.89 Å². The minimum atomic E-state index is -4.34. The molecule has 168 valence electrons. The second kappa shape index (κ2) is 10.9. The minimum Gasteiger partial charge on any atom is -0.356 e. The largest absolute Gasteiger partial charge is 0.416 e. The van der Waals surface area contributed by atoms with Crippen LogP contribution in [0.15, 0.2) is 47.7 Å². The molecule has 0 unspecified atom stereocenters. The summed E-state index contributed by atoms with van der Waals surface area (Å²) in [7, 11) is 1.65. The molecule has 0 aliphatic carbocycles. The molecule has 0 radical (unpaired) electrons. The number of hydrogen-bond donors (Lipinski definition) is 2. The lowest BCUT2D eigenvalue weighted by molar-refractivity contribution is -0.137. The number of hydrogen-bond acceptors (Lipinski definition) is 5. The number of nitrogens with zero attached hydrogens (tertiary/aromatic N) is 5. The Hall–Kier alpha value is -2.88. The molecular formula is C21H28F3N7. The van der Waals surface area contributed by atoms with Crippen LogP contribution in [-0.4, -0.2) is 67.1 Å². The molecule has 1 saturated heterocycles. The summed E-state index contributed by atoms with van der Waals surface area (Å²) in [6, 6.07) is 7.12. The van der Waals surface area contributed by atoms with Crippen molar-refractivity contribution >= 4 is 11.9 Å². The Morgan fingerprint density at radius 1 is 1.06 bits per heavy atom. The SMILES string of the molecule is CN=C(NCCCN1CCN(c2ncccn2)CC1)NCc1cccc(C(F)(F)F)c1. The number of anilines is 1. The van der Waals surface area contributed by atoms with Gasteiger partial charge in [-0.25, -0.2) is 9.97 Å². The Labute approximate surface area is 180 Å². The summed E-state index contributed by atoms with van der Waals surface area (Å²) in [5.41, 5.74) is -0.0910. The third-order valence-electron chi connectivity index (χ3n) is 5.09. The van der Waals surface area contributed by atoms with Crippen molar-refractivity contribution in [2.24, 2.45) is 4.99 Å². The Morgan fingerprint density at radius 3 is 2.48 bits per heavy atom. The molecule has 0 amide bonds. The summed E-state index contributed by atoms with van der Waals surface area (Å²) in [4.78, 5) is 17.3. The van der Waals surface area contributed by atoms with Crippen molar-refractivity contribution in [2.75, 3.05) is 51.2 Å². The number of benzene rings is 1. The molecule has 1 aromatic heterocycles. The van der Waals surface area contributed by atoms with Gasteiger partial charge < -0.3 is 15.5 Å². The van der Waals surface area contributed by atoms with Crippen molar-refractivity contribution < 1.29 is 13.2 Å². The zero-order chi connectivity index (χ0) is 22.1. The highest BCUT2D eigenvalue weighted by Crippen LogP contribution is 2.29. The Bertz CT molecular complexity index is 834. The quantitative estimate of drug-likeness (QED) is 0.396. The van der Waals surface area contributed by atoms with Gasteiger partial charge in [0.1, 0.15) is 0 Å². The molecule has 2 N–H and O–H groups in total. The van der Waals surface area contributed by atoms with Crippen LogP contribution in [0.2, 0.25) is 0 Å². The van der Waals surface area contributed by atoms with Gasteiger partial charge in [-0.05, 0) is 36.7 Å². The maximum Gasteiger partial charge on any atom is 0.416 e. The van der Waals surface area contributed by atoms with E-state index in [1.165, 1.54) is 6.07 Å². The number of alkyl halides is 3. The van der Waals surface area contributed by atoms with Crippen LogP contribution in [0.25, 0.3) is 0 Å². The summed E-state index contributed by atoms with van der Waals surface area (Å²) >= 11 is 0. The lowest BCUT2D eigenvalue weighted by atomic mass is 10.1.